The topological polar surface area (TPSA) is 88.8 Å². The molecule has 1 aliphatic rings. The molecule has 2 N–H and O–H groups in total. The number of aromatic nitrogens is 4. The van der Waals surface area contributed by atoms with Crippen LogP contribution in [-0.2, 0) is 19.4 Å². The Labute approximate surface area is 175 Å². The molecule has 7 nitrogen and oxygen atoms in total. The Morgan fingerprint density at radius 1 is 1.14 bits per heavy atom. The number of nitrogens with one attached hydrogen (secondary N) is 2. The number of aromatic amines is 1. The van der Waals surface area contributed by atoms with Crippen LogP contribution in [0.3, 0.4) is 0 Å². The third kappa shape index (κ3) is 3.51. The van der Waals surface area contributed by atoms with Gasteiger partial charge in [-0.1, -0.05) is 46.3 Å². The third-order valence-corrected chi connectivity index (χ3v) is 5.69. The van der Waals surface area contributed by atoms with E-state index in [1.165, 1.54) is 5.56 Å². The SMILES string of the molecule is N=c1ncn(CCc2ccccc2)c2nc(Cc3cc4c(cc3Br)OCO4)[nH]c12. The maximum atomic E-state index is 8.15. The highest BCUT2D eigenvalue weighted by molar-refractivity contribution is 9.10. The summed E-state index contributed by atoms with van der Waals surface area (Å²) in [4.78, 5) is 12.3. The molecule has 0 amide bonds. The standard InChI is InChI=1S/C21H18BrN5O2/c22-15-10-17-16(28-12-29-17)8-14(15)9-18-25-19-20(23)24-11-27(21(19)26-18)7-6-13-4-2-1-3-5-13/h1-5,8,10-11,23H,6-7,9,12H2,(H,25,26). The van der Waals surface area contributed by atoms with Gasteiger partial charge in [0.05, 0.1) is 6.33 Å². The number of benzene rings is 2. The molecule has 0 fully saturated rings. The second kappa shape index (κ2) is 7.36. The Kier molecular flexibility index (Phi) is 4.55. The zero-order valence-electron chi connectivity index (χ0n) is 15.5. The molecule has 146 valence electrons. The molecule has 0 unspecified atom stereocenters. The summed E-state index contributed by atoms with van der Waals surface area (Å²) < 4.78 is 13.8. The molecular formula is C21H18BrN5O2. The van der Waals surface area contributed by atoms with E-state index < -0.39 is 0 Å². The second-order valence-electron chi connectivity index (χ2n) is 6.88. The summed E-state index contributed by atoms with van der Waals surface area (Å²) in [5, 5.41) is 8.15. The van der Waals surface area contributed by atoms with Crippen molar-refractivity contribution in [2.24, 2.45) is 0 Å². The van der Waals surface area contributed by atoms with Crippen LogP contribution in [-0.4, -0.2) is 26.3 Å². The lowest BCUT2D eigenvalue weighted by atomic mass is 10.1. The Balaban J connectivity index is 1.45. The molecular weight excluding hydrogens is 434 g/mol. The first kappa shape index (κ1) is 17.9. The maximum absolute atomic E-state index is 8.15. The van der Waals surface area contributed by atoms with E-state index in [0.29, 0.717) is 11.9 Å². The lowest BCUT2D eigenvalue weighted by molar-refractivity contribution is 0.174. The Morgan fingerprint density at radius 2 is 1.93 bits per heavy atom. The number of aryl methyl sites for hydroxylation is 2. The van der Waals surface area contributed by atoms with Crippen LogP contribution in [0, 0.1) is 5.41 Å². The Morgan fingerprint density at radius 3 is 2.76 bits per heavy atom. The van der Waals surface area contributed by atoms with Crippen molar-refractivity contribution in [2.45, 2.75) is 19.4 Å². The van der Waals surface area contributed by atoms with E-state index in [9.17, 15) is 0 Å². The Bertz CT molecular complexity index is 1250. The lowest BCUT2D eigenvalue weighted by Gasteiger charge is -2.07. The minimum atomic E-state index is 0.194. The van der Waals surface area contributed by atoms with Gasteiger partial charge in [0.25, 0.3) is 0 Å². The number of fused-ring (bicyclic) bond motifs is 2. The van der Waals surface area contributed by atoms with E-state index in [1.54, 1.807) is 6.33 Å². The summed E-state index contributed by atoms with van der Waals surface area (Å²) in [6, 6.07) is 14.2. The van der Waals surface area contributed by atoms with Gasteiger partial charge in [-0.25, -0.2) is 9.97 Å². The van der Waals surface area contributed by atoms with Crippen molar-refractivity contribution in [3.05, 3.63) is 75.7 Å². The predicted octanol–water partition coefficient (Wildman–Crippen LogP) is 3.56. The summed E-state index contributed by atoms with van der Waals surface area (Å²) in [5.41, 5.74) is 3.87. The summed E-state index contributed by atoms with van der Waals surface area (Å²) in [7, 11) is 0. The van der Waals surface area contributed by atoms with Crippen molar-refractivity contribution in [3.8, 4) is 11.5 Å². The van der Waals surface area contributed by atoms with Crippen LogP contribution >= 0.6 is 15.9 Å². The van der Waals surface area contributed by atoms with Crippen molar-refractivity contribution in [1.29, 1.82) is 5.41 Å². The fourth-order valence-corrected chi connectivity index (χ4v) is 3.91. The average Bonchev–Trinajstić information content (AvgIpc) is 3.36. The van der Waals surface area contributed by atoms with Gasteiger partial charge in [0.1, 0.15) is 11.3 Å². The highest BCUT2D eigenvalue weighted by Crippen LogP contribution is 2.37. The zero-order valence-corrected chi connectivity index (χ0v) is 17.1. The molecule has 0 saturated carbocycles. The van der Waals surface area contributed by atoms with Crippen molar-refractivity contribution >= 4 is 27.1 Å². The van der Waals surface area contributed by atoms with E-state index in [4.69, 9.17) is 19.9 Å². The van der Waals surface area contributed by atoms with Crippen molar-refractivity contribution in [2.75, 3.05) is 6.79 Å². The number of nitrogens with zero attached hydrogens (tertiary/aromatic N) is 3. The number of hydrogen-bond acceptors (Lipinski definition) is 5. The molecule has 0 radical (unpaired) electrons. The summed E-state index contributed by atoms with van der Waals surface area (Å²) in [5.74, 6) is 2.25. The summed E-state index contributed by atoms with van der Waals surface area (Å²) in [6.07, 6.45) is 3.13. The van der Waals surface area contributed by atoms with Crippen LogP contribution in [0.5, 0.6) is 11.5 Å². The van der Waals surface area contributed by atoms with Gasteiger partial charge in [0.15, 0.2) is 22.6 Å². The molecule has 2 aromatic carbocycles. The molecule has 4 aromatic rings. The van der Waals surface area contributed by atoms with Crippen LogP contribution in [0.25, 0.3) is 11.2 Å². The number of H-pyrrole nitrogens is 1. The average molecular weight is 452 g/mol. The molecule has 0 spiro atoms. The lowest BCUT2D eigenvalue weighted by Crippen LogP contribution is -2.13. The molecule has 0 atom stereocenters. The molecule has 1 aliphatic heterocycles. The Hall–Kier alpha value is -3.13. The van der Waals surface area contributed by atoms with Gasteiger partial charge in [-0.2, -0.15) is 0 Å². The maximum Gasteiger partial charge on any atom is 0.231 e. The van der Waals surface area contributed by atoms with E-state index in [1.807, 2.05) is 34.9 Å². The predicted molar refractivity (Wildman–Crippen MR) is 111 cm³/mol. The first-order valence-corrected chi connectivity index (χ1v) is 10.1. The normalized spacial score (nSPS) is 12.6. The smallest absolute Gasteiger partial charge is 0.231 e. The summed E-state index contributed by atoms with van der Waals surface area (Å²) >= 11 is 3.60. The molecule has 29 heavy (non-hydrogen) atoms. The van der Waals surface area contributed by atoms with Crippen molar-refractivity contribution in [1.82, 2.24) is 19.5 Å². The number of rotatable bonds is 5. The van der Waals surface area contributed by atoms with Gasteiger partial charge in [-0.05, 0) is 29.7 Å². The molecule has 2 aromatic heterocycles. The van der Waals surface area contributed by atoms with E-state index in [2.05, 4.69) is 38.0 Å². The van der Waals surface area contributed by atoms with Crippen molar-refractivity contribution < 1.29 is 9.47 Å². The molecule has 0 aliphatic carbocycles. The molecule has 8 heteroatoms. The number of imidazole rings is 1. The van der Waals surface area contributed by atoms with Crippen LogP contribution < -0.4 is 15.0 Å². The third-order valence-electron chi connectivity index (χ3n) is 4.95. The van der Waals surface area contributed by atoms with Gasteiger partial charge in [-0.3, -0.25) is 5.41 Å². The minimum absolute atomic E-state index is 0.194. The van der Waals surface area contributed by atoms with E-state index >= 15 is 0 Å². The van der Waals surface area contributed by atoms with Crippen molar-refractivity contribution in [3.63, 3.8) is 0 Å². The monoisotopic (exact) mass is 451 g/mol. The summed E-state index contributed by atoms with van der Waals surface area (Å²) in [6.45, 7) is 0.983. The van der Waals surface area contributed by atoms with Crippen LogP contribution in [0.2, 0.25) is 0 Å². The molecule has 5 rings (SSSR count). The van der Waals surface area contributed by atoms with Crippen LogP contribution in [0.4, 0.5) is 0 Å². The van der Waals surface area contributed by atoms with E-state index in [-0.39, 0.29) is 12.3 Å². The van der Waals surface area contributed by atoms with Gasteiger partial charge < -0.3 is 19.0 Å². The zero-order chi connectivity index (χ0) is 19.8. The number of ether oxygens (including phenoxy) is 2. The largest absolute Gasteiger partial charge is 0.454 e. The highest BCUT2D eigenvalue weighted by atomic mass is 79.9. The van der Waals surface area contributed by atoms with Gasteiger partial charge >= 0.3 is 0 Å². The van der Waals surface area contributed by atoms with Crippen LogP contribution in [0.1, 0.15) is 17.0 Å². The number of halogens is 1. The first-order valence-electron chi connectivity index (χ1n) is 9.28. The quantitative estimate of drug-likeness (QED) is 0.485. The minimum Gasteiger partial charge on any atom is -0.454 e. The fraction of sp³-hybridized carbons (Fsp3) is 0.190. The first-order chi connectivity index (χ1) is 14.2. The highest BCUT2D eigenvalue weighted by Gasteiger charge is 2.18. The number of hydrogen-bond donors (Lipinski definition) is 2. The van der Waals surface area contributed by atoms with Gasteiger partial charge in [-0.15, -0.1) is 0 Å². The molecule has 0 saturated heterocycles. The fourth-order valence-electron chi connectivity index (χ4n) is 3.45. The van der Waals surface area contributed by atoms with Gasteiger partial charge in [0.2, 0.25) is 6.79 Å². The van der Waals surface area contributed by atoms with Gasteiger partial charge in [0, 0.05) is 17.4 Å². The molecule has 0 bridgehead atoms. The second-order valence-corrected chi connectivity index (χ2v) is 7.73. The van der Waals surface area contributed by atoms with Crippen LogP contribution in [0.15, 0.2) is 53.3 Å². The molecule has 3 heterocycles. The van der Waals surface area contributed by atoms with E-state index in [0.717, 1.165) is 46.0 Å².